The maximum Gasteiger partial charge on any atom is 0.294 e. The molecule has 0 unspecified atom stereocenters. The lowest BCUT2D eigenvalue weighted by Gasteiger charge is -2.12. The van der Waals surface area contributed by atoms with Crippen LogP contribution in [0.15, 0.2) is 75.8 Å². The van der Waals surface area contributed by atoms with Gasteiger partial charge in [0.15, 0.2) is 5.75 Å². The van der Waals surface area contributed by atoms with E-state index in [0.29, 0.717) is 39.4 Å². The van der Waals surface area contributed by atoms with Crippen LogP contribution in [0, 0.1) is 6.92 Å². The van der Waals surface area contributed by atoms with Crippen molar-refractivity contribution in [3.05, 3.63) is 81.8 Å². The largest absolute Gasteiger partial charge is 0.505 e. The van der Waals surface area contributed by atoms with E-state index in [1.165, 1.54) is 19.1 Å². The Bertz CT molecular complexity index is 1680. The monoisotopic (exact) mass is 573 g/mol. The fourth-order valence-corrected chi connectivity index (χ4v) is 4.94. The molecule has 4 aromatic rings. The van der Waals surface area contributed by atoms with Gasteiger partial charge in [-0.05, 0) is 55.1 Å². The summed E-state index contributed by atoms with van der Waals surface area (Å²) >= 11 is 12.4. The molecule has 0 atom stereocenters. The second kappa shape index (κ2) is 11.0. The highest BCUT2D eigenvalue weighted by molar-refractivity contribution is 7.85. The number of phenolic OH excluding ortho intramolecular Hbond substituents is 1. The predicted molar refractivity (Wildman–Crippen MR) is 146 cm³/mol. The van der Waals surface area contributed by atoms with Crippen molar-refractivity contribution < 1.29 is 27.6 Å². The van der Waals surface area contributed by atoms with Gasteiger partial charge in [-0.1, -0.05) is 47.5 Å². The maximum absolute atomic E-state index is 13.2. The number of carbonyl (C=O) groups excluding carboxylic acids is 1. The number of benzene rings is 4. The molecule has 9 nitrogen and oxygen atoms in total. The van der Waals surface area contributed by atoms with Crippen molar-refractivity contribution in [3.63, 3.8) is 0 Å². The van der Waals surface area contributed by atoms with Crippen LogP contribution in [0.4, 0.5) is 17.1 Å². The Morgan fingerprint density at radius 1 is 1.03 bits per heavy atom. The number of hydrogen-bond acceptors (Lipinski definition) is 7. The van der Waals surface area contributed by atoms with E-state index < -0.39 is 21.8 Å². The Morgan fingerprint density at radius 3 is 2.42 bits per heavy atom. The Hall–Kier alpha value is -3.70. The lowest BCUT2D eigenvalue weighted by atomic mass is 10.0. The number of hydrogen-bond donors (Lipinski definition) is 3. The van der Waals surface area contributed by atoms with Crippen LogP contribution in [0.1, 0.15) is 22.8 Å². The van der Waals surface area contributed by atoms with Crippen molar-refractivity contribution in [2.75, 3.05) is 11.9 Å². The molecule has 4 rings (SSSR count). The van der Waals surface area contributed by atoms with Gasteiger partial charge in [-0.15, -0.1) is 10.2 Å². The molecular formula is C26H21Cl2N3O6S. The molecule has 4 aromatic carbocycles. The number of phenols is 1. The van der Waals surface area contributed by atoms with Gasteiger partial charge in [0.2, 0.25) is 0 Å². The molecule has 3 N–H and O–H groups in total. The smallest absolute Gasteiger partial charge is 0.294 e. The highest BCUT2D eigenvalue weighted by Crippen LogP contribution is 2.41. The molecule has 0 fully saturated rings. The van der Waals surface area contributed by atoms with E-state index in [0.717, 1.165) is 6.07 Å². The summed E-state index contributed by atoms with van der Waals surface area (Å²) in [7, 11) is -4.47. The Balaban J connectivity index is 1.77. The van der Waals surface area contributed by atoms with Crippen molar-refractivity contribution in [3.8, 4) is 11.5 Å². The number of halogens is 2. The van der Waals surface area contributed by atoms with Gasteiger partial charge >= 0.3 is 0 Å². The topological polar surface area (TPSA) is 138 Å². The third-order valence-electron chi connectivity index (χ3n) is 5.46. The molecular weight excluding hydrogens is 553 g/mol. The number of nitrogens with zero attached hydrogens (tertiary/aromatic N) is 2. The first kappa shape index (κ1) is 27.3. The first-order valence-corrected chi connectivity index (χ1v) is 13.4. The third-order valence-corrected chi connectivity index (χ3v) is 6.79. The second-order valence-electron chi connectivity index (χ2n) is 8.15. The van der Waals surface area contributed by atoms with Crippen LogP contribution in [-0.4, -0.2) is 30.6 Å². The van der Waals surface area contributed by atoms with E-state index >= 15 is 0 Å². The molecule has 0 aliphatic heterocycles. The van der Waals surface area contributed by atoms with Gasteiger partial charge in [-0.3, -0.25) is 9.35 Å². The average Bonchev–Trinajstić information content (AvgIpc) is 2.83. The standard InChI is InChI=1S/C26H21Cl2N3O6S/c1-3-37-18-11-16(27)10-17(12-18)29-26(33)21-9-15-6-4-5-7-20(15)24(25(21)32)31-30-23-14(2)8-19(13-22(23)28)38(34,35)36/h4-13,32H,3H2,1-2H3,(H,29,33)(H,34,35,36). The number of aryl methyl sites for hydroxylation is 1. The number of carbonyl (C=O) groups is 1. The van der Waals surface area contributed by atoms with Crippen molar-refractivity contribution >= 4 is 67.1 Å². The number of nitrogens with one attached hydrogen (secondary N) is 1. The van der Waals surface area contributed by atoms with Gasteiger partial charge in [0.25, 0.3) is 16.0 Å². The van der Waals surface area contributed by atoms with Gasteiger partial charge in [0, 0.05) is 22.2 Å². The molecule has 0 aliphatic rings. The average molecular weight is 574 g/mol. The zero-order valence-electron chi connectivity index (χ0n) is 20.1. The number of rotatable bonds is 7. The number of ether oxygens (including phenoxy) is 1. The molecule has 196 valence electrons. The van der Waals surface area contributed by atoms with E-state index in [1.54, 1.807) is 42.5 Å². The van der Waals surface area contributed by atoms with Crippen molar-refractivity contribution in [2.24, 2.45) is 10.2 Å². The van der Waals surface area contributed by atoms with E-state index in [-0.39, 0.29) is 26.9 Å². The zero-order chi connectivity index (χ0) is 27.6. The van der Waals surface area contributed by atoms with Crippen molar-refractivity contribution in [1.29, 1.82) is 0 Å². The predicted octanol–water partition coefficient (Wildman–Crippen LogP) is 7.47. The number of anilines is 1. The third kappa shape index (κ3) is 5.89. The van der Waals surface area contributed by atoms with Crippen molar-refractivity contribution in [1.82, 2.24) is 0 Å². The zero-order valence-corrected chi connectivity index (χ0v) is 22.4. The Morgan fingerprint density at radius 2 is 1.74 bits per heavy atom. The number of aromatic hydroxyl groups is 1. The van der Waals surface area contributed by atoms with Crippen LogP contribution in [0.5, 0.6) is 11.5 Å². The minimum absolute atomic E-state index is 0.00340. The fourth-order valence-electron chi connectivity index (χ4n) is 3.76. The van der Waals surface area contributed by atoms with Gasteiger partial charge in [0.1, 0.15) is 17.1 Å². The SMILES string of the molecule is CCOc1cc(Cl)cc(NC(=O)c2cc3ccccc3c(N=Nc3c(C)cc(S(=O)(=O)O)cc3Cl)c2O)c1. The second-order valence-corrected chi connectivity index (χ2v) is 10.4. The van der Waals surface area contributed by atoms with Crippen LogP contribution in [-0.2, 0) is 10.1 Å². The number of fused-ring (bicyclic) bond motifs is 1. The van der Waals surface area contributed by atoms with E-state index in [4.69, 9.17) is 27.9 Å². The van der Waals surface area contributed by atoms with Gasteiger partial charge < -0.3 is 15.2 Å². The molecule has 38 heavy (non-hydrogen) atoms. The first-order valence-electron chi connectivity index (χ1n) is 11.2. The molecule has 0 aromatic heterocycles. The summed E-state index contributed by atoms with van der Waals surface area (Å²) in [6.45, 7) is 3.77. The van der Waals surface area contributed by atoms with Crippen LogP contribution < -0.4 is 10.1 Å². The molecule has 1 amide bonds. The van der Waals surface area contributed by atoms with E-state index in [1.807, 2.05) is 6.92 Å². The normalized spacial score (nSPS) is 11.7. The quantitative estimate of drug-likeness (QED) is 0.155. The van der Waals surface area contributed by atoms with E-state index in [2.05, 4.69) is 15.5 Å². The fraction of sp³-hybridized carbons (Fsp3) is 0.115. The molecule has 0 aliphatic carbocycles. The highest BCUT2D eigenvalue weighted by Gasteiger charge is 2.20. The summed E-state index contributed by atoms with van der Waals surface area (Å²) in [5.41, 5.74) is 0.740. The summed E-state index contributed by atoms with van der Waals surface area (Å²) in [5.74, 6) is -0.582. The van der Waals surface area contributed by atoms with Gasteiger partial charge in [-0.25, -0.2) is 0 Å². The van der Waals surface area contributed by atoms with Crippen molar-refractivity contribution in [2.45, 2.75) is 18.7 Å². The Kier molecular flexibility index (Phi) is 7.89. The molecule has 0 heterocycles. The minimum atomic E-state index is -4.47. The lowest BCUT2D eigenvalue weighted by molar-refractivity contribution is 0.102. The van der Waals surface area contributed by atoms with Gasteiger partial charge in [0.05, 0.1) is 22.1 Å². The summed E-state index contributed by atoms with van der Waals surface area (Å²) in [5, 5.41) is 23.5. The maximum atomic E-state index is 13.2. The van der Waals surface area contributed by atoms with Crippen LogP contribution in [0.2, 0.25) is 10.0 Å². The number of amides is 1. The summed E-state index contributed by atoms with van der Waals surface area (Å²) in [6.07, 6.45) is 0. The molecule has 0 saturated heterocycles. The summed E-state index contributed by atoms with van der Waals surface area (Å²) in [6, 6.07) is 15.5. The van der Waals surface area contributed by atoms with Gasteiger partial charge in [-0.2, -0.15) is 8.42 Å². The van der Waals surface area contributed by atoms with Crippen LogP contribution in [0.25, 0.3) is 10.8 Å². The first-order chi connectivity index (χ1) is 18.0. The van der Waals surface area contributed by atoms with Crippen LogP contribution in [0.3, 0.4) is 0 Å². The molecule has 0 saturated carbocycles. The number of azo groups is 1. The Labute approximate surface area is 228 Å². The minimum Gasteiger partial charge on any atom is -0.505 e. The van der Waals surface area contributed by atoms with Crippen LogP contribution >= 0.6 is 23.2 Å². The molecule has 0 radical (unpaired) electrons. The summed E-state index contributed by atoms with van der Waals surface area (Å²) in [4.78, 5) is 12.8. The molecule has 12 heteroatoms. The summed E-state index contributed by atoms with van der Waals surface area (Å²) < 4.78 is 37.7. The lowest BCUT2D eigenvalue weighted by Crippen LogP contribution is -2.12. The van der Waals surface area contributed by atoms with E-state index in [9.17, 15) is 22.9 Å². The molecule has 0 spiro atoms. The molecule has 0 bridgehead atoms. The highest BCUT2D eigenvalue weighted by atomic mass is 35.5.